The Morgan fingerprint density at radius 3 is 2.52 bits per heavy atom. The number of pyridine rings is 1. The Balaban J connectivity index is 1.72. The molecule has 4 aromatic rings. The zero-order valence-electron chi connectivity index (χ0n) is 15.9. The first-order valence-corrected chi connectivity index (χ1v) is 9.95. The van der Waals surface area contributed by atoms with Crippen molar-refractivity contribution in [3.05, 3.63) is 78.1 Å². The van der Waals surface area contributed by atoms with Gasteiger partial charge in [0.15, 0.2) is 23.0 Å². The fraction of sp³-hybridized carbons (Fsp3) is 0.136. The lowest BCUT2D eigenvalue weighted by Gasteiger charge is -2.12. The molecule has 0 unspecified atom stereocenters. The second kappa shape index (κ2) is 8.13. The van der Waals surface area contributed by atoms with E-state index in [2.05, 4.69) is 10.3 Å². The van der Waals surface area contributed by atoms with Crippen LogP contribution < -0.4 is 10.1 Å². The van der Waals surface area contributed by atoms with Gasteiger partial charge >= 0.3 is 0 Å². The smallest absolute Gasteiger partial charge is 0.198 e. The molecule has 4 nitrogen and oxygen atoms in total. The molecule has 148 valence electrons. The van der Waals surface area contributed by atoms with Gasteiger partial charge in [0.2, 0.25) is 0 Å². The van der Waals surface area contributed by atoms with Gasteiger partial charge in [-0.2, -0.15) is 0 Å². The van der Waals surface area contributed by atoms with Crippen LogP contribution in [0.15, 0.2) is 65.8 Å². The molecule has 0 spiro atoms. The zero-order chi connectivity index (χ0) is 20.4. The summed E-state index contributed by atoms with van der Waals surface area (Å²) in [4.78, 5) is 5.50. The lowest BCUT2D eigenvalue weighted by molar-refractivity contribution is 0.411. The van der Waals surface area contributed by atoms with Gasteiger partial charge in [-0.15, -0.1) is 0 Å². The van der Waals surface area contributed by atoms with Crippen molar-refractivity contribution in [3.8, 4) is 11.5 Å². The summed E-state index contributed by atoms with van der Waals surface area (Å²) in [6, 6.07) is 14.0. The number of ether oxygens (including phenoxy) is 1. The number of aryl methyl sites for hydroxylation is 1. The molecule has 0 fully saturated rings. The first-order chi connectivity index (χ1) is 14.1. The minimum absolute atomic E-state index is 0.355. The number of aromatic nitrogens is 2. The van der Waals surface area contributed by atoms with Crippen molar-refractivity contribution >= 4 is 28.7 Å². The number of halogens is 2. The SMILES string of the molecule is CCNc1cc(F)c(Oc2ccnc3c2c(C)cn3Sc2ccccc2)c(F)c1. The number of rotatable bonds is 6. The Kier molecular flexibility index (Phi) is 5.40. The van der Waals surface area contributed by atoms with E-state index in [1.165, 1.54) is 24.1 Å². The first-order valence-electron chi connectivity index (χ1n) is 9.17. The summed E-state index contributed by atoms with van der Waals surface area (Å²) >= 11 is 1.51. The maximum Gasteiger partial charge on any atom is 0.198 e. The van der Waals surface area contributed by atoms with Gasteiger partial charge in [0.05, 0.1) is 5.39 Å². The lowest BCUT2D eigenvalue weighted by atomic mass is 10.2. The Morgan fingerprint density at radius 1 is 1.10 bits per heavy atom. The van der Waals surface area contributed by atoms with Gasteiger partial charge in [0, 0.05) is 41.7 Å². The molecule has 0 saturated carbocycles. The molecule has 0 aliphatic carbocycles. The molecular formula is C22H19F2N3OS. The highest BCUT2D eigenvalue weighted by molar-refractivity contribution is 7.98. The zero-order valence-corrected chi connectivity index (χ0v) is 16.8. The van der Waals surface area contributed by atoms with Gasteiger partial charge in [-0.1, -0.05) is 18.2 Å². The minimum atomic E-state index is -0.762. The maximum absolute atomic E-state index is 14.5. The van der Waals surface area contributed by atoms with Crippen LogP contribution in [0.1, 0.15) is 12.5 Å². The van der Waals surface area contributed by atoms with Crippen LogP contribution in [0, 0.1) is 18.6 Å². The molecule has 29 heavy (non-hydrogen) atoms. The van der Waals surface area contributed by atoms with Crippen LogP contribution in [0.4, 0.5) is 14.5 Å². The summed E-state index contributed by atoms with van der Waals surface area (Å²) in [5.41, 5.74) is 1.94. The highest BCUT2D eigenvalue weighted by Gasteiger charge is 2.18. The van der Waals surface area contributed by atoms with Crippen molar-refractivity contribution in [1.29, 1.82) is 0 Å². The van der Waals surface area contributed by atoms with Crippen LogP contribution in [0.5, 0.6) is 11.5 Å². The molecule has 2 heterocycles. The van der Waals surface area contributed by atoms with E-state index in [1.54, 1.807) is 12.3 Å². The van der Waals surface area contributed by atoms with Crippen LogP contribution in [0.3, 0.4) is 0 Å². The predicted octanol–water partition coefficient (Wildman–Crippen LogP) is 6.40. The molecule has 0 bridgehead atoms. The molecule has 4 rings (SSSR count). The van der Waals surface area contributed by atoms with Crippen LogP contribution in [-0.2, 0) is 0 Å². The molecule has 0 aliphatic rings. The number of anilines is 1. The topological polar surface area (TPSA) is 39.1 Å². The second-order valence-corrected chi connectivity index (χ2v) is 7.50. The largest absolute Gasteiger partial charge is 0.450 e. The maximum atomic E-state index is 14.5. The highest BCUT2D eigenvalue weighted by atomic mass is 32.2. The predicted molar refractivity (Wildman–Crippen MR) is 113 cm³/mol. The minimum Gasteiger partial charge on any atom is -0.450 e. The van der Waals surface area contributed by atoms with Crippen LogP contribution in [-0.4, -0.2) is 15.5 Å². The first kappa shape index (κ1) is 19.3. The van der Waals surface area contributed by atoms with E-state index in [0.29, 0.717) is 29.0 Å². The standard InChI is InChI=1S/C22H19F2N3OS/c1-3-25-15-11-17(23)21(18(24)12-15)28-19-9-10-26-22-20(19)14(2)13-27(22)29-16-7-5-4-6-8-16/h4-13,25H,3H2,1-2H3. The van der Waals surface area contributed by atoms with Gasteiger partial charge in [-0.25, -0.2) is 13.8 Å². The average molecular weight is 411 g/mol. The third-order valence-electron chi connectivity index (χ3n) is 4.34. The Morgan fingerprint density at radius 2 is 1.83 bits per heavy atom. The van der Waals surface area contributed by atoms with Crippen LogP contribution >= 0.6 is 11.9 Å². The highest BCUT2D eigenvalue weighted by Crippen LogP contribution is 2.37. The number of nitrogens with zero attached hydrogens (tertiary/aromatic N) is 2. The van der Waals surface area contributed by atoms with Gasteiger partial charge in [0.1, 0.15) is 5.75 Å². The van der Waals surface area contributed by atoms with Gasteiger partial charge in [-0.3, -0.25) is 3.97 Å². The summed E-state index contributed by atoms with van der Waals surface area (Å²) in [5.74, 6) is -1.60. The summed E-state index contributed by atoms with van der Waals surface area (Å²) in [5, 5.41) is 3.61. The second-order valence-electron chi connectivity index (χ2n) is 6.45. The van der Waals surface area contributed by atoms with E-state index in [1.807, 2.05) is 54.3 Å². The van der Waals surface area contributed by atoms with E-state index in [9.17, 15) is 8.78 Å². The van der Waals surface area contributed by atoms with E-state index >= 15 is 0 Å². The van der Waals surface area contributed by atoms with Crippen LogP contribution in [0.25, 0.3) is 11.0 Å². The number of hydrogen-bond donors (Lipinski definition) is 1. The normalized spacial score (nSPS) is 11.0. The monoisotopic (exact) mass is 411 g/mol. The van der Waals surface area contributed by atoms with Gasteiger partial charge in [-0.05, 0) is 49.6 Å². The lowest BCUT2D eigenvalue weighted by Crippen LogP contribution is -2.00. The fourth-order valence-corrected chi connectivity index (χ4v) is 4.04. The van der Waals surface area contributed by atoms with Crippen molar-refractivity contribution in [2.24, 2.45) is 0 Å². The molecule has 2 aromatic heterocycles. The van der Waals surface area contributed by atoms with Crippen LogP contribution in [0.2, 0.25) is 0 Å². The van der Waals surface area contributed by atoms with E-state index < -0.39 is 17.4 Å². The fourth-order valence-electron chi connectivity index (χ4n) is 3.10. The van der Waals surface area contributed by atoms with Gasteiger partial charge in [0.25, 0.3) is 0 Å². The van der Waals surface area contributed by atoms with E-state index in [-0.39, 0.29) is 0 Å². The summed E-state index contributed by atoms with van der Waals surface area (Å²) in [6.45, 7) is 4.34. The van der Waals surface area contributed by atoms with E-state index in [0.717, 1.165) is 10.5 Å². The molecular weight excluding hydrogens is 392 g/mol. The Hall–Kier alpha value is -3.06. The summed E-state index contributed by atoms with van der Waals surface area (Å²) < 4.78 is 36.6. The van der Waals surface area contributed by atoms with E-state index in [4.69, 9.17) is 4.74 Å². The molecule has 2 aromatic carbocycles. The molecule has 0 atom stereocenters. The molecule has 0 aliphatic heterocycles. The molecule has 7 heteroatoms. The number of benzene rings is 2. The number of fused-ring (bicyclic) bond motifs is 1. The molecule has 0 saturated heterocycles. The van der Waals surface area contributed by atoms with Crippen molar-refractivity contribution < 1.29 is 13.5 Å². The molecule has 0 amide bonds. The van der Waals surface area contributed by atoms with Crippen molar-refractivity contribution in [3.63, 3.8) is 0 Å². The summed E-state index contributed by atoms with van der Waals surface area (Å²) in [6.07, 6.45) is 3.51. The Bertz CT molecular complexity index is 1140. The number of nitrogens with one attached hydrogen (secondary N) is 1. The quantitative estimate of drug-likeness (QED) is 0.398. The van der Waals surface area contributed by atoms with Crippen molar-refractivity contribution in [2.75, 3.05) is 11.9 Å². The molecule has 1 N–H and O–H groups in total. The summed E-state index contributed by atoms with van der Waals surface area (Å²) in [7, 11) is 0. The van der Waals surface area contributed by atoms with Crippen molar-refractivity contribution in [1.82, 2.24) is 8.96 Å². The number of hydrogen-bond acceptors (Lipinski definition) is 4. The van der Waals surface area contributed by atoms with Gasteiger partial charge < -0.3 is 10.1 Å². The average Bonchev–Trinajstić information content (AvgIpc) is 3.02. The third kappa shape index (κ3) is 3.91. The van der Waals surface area contributed by atoms with Crippen molar-refractivity contribution in [2.45, 2.75) is 18.7 Å². The Labute approximate surface area is 171 Å². The third-order valence-corrected chi connectivity index (χ3v) is 5.30. The molecule has 0 radical (unpaired) electrons.